The van der Waals surface area contributed by atoms with Gasteiger partial charge in [-0.3, -0.25) is 9.59 Å². The van der Waals surface area contributed by atoms with E-state index in [9.17, 15) is 22.8 Å². The Balaban J connectivity index is 1.60. The molecular formula is C19H16F3N5O4. The minimum atomic E-state index is -4.46. The molecule has 0 saturated carbocycles. The number of imidazole rings is 1. The lowest BCUT2D eigenvalue weighted by Crippen LogP contribution is -2.39. The summed E-state index contributed by atoms with van der Waals surface area (Å²) in [6.07, 6.45) is -3.21. The maximum atomic E-state index is 12.8. The molecule has 0 fully saturated rings. The number of amides is 1. The minimum Gasteiger partial charge on any atom is -0.481 e. The molecule has 0 radical (unpaired) electrons. The van der Waals surface area contributed by atoms with Gasteiger partial charge in [0.25, 0.3) is 0 Å². The normalized spacial score (nSPS) is 16.2. The number of carboxylic acids is 1. The van der Waals surface area contributed by atoms with Gasteiger partial charge in [0.2, 0.25) is 17.6 Å². The summed E-state index contributed by atoms with van der Waals surface area (Å²) in [5.41, 5.74) is 0.959. The van der Waals surface area contributed by atoms with Crippen molar-refractivity contribution in [2.45, 2.75) is 38.0 Å². The summed E-state index contributed by atoms with van der Waals surface area (Å²) in [4.78, 5) is 36.4. The first-order valence-corrected chi connectivity index (χ1v) is 9.26. The molecule has 31 heavy (non-hydrogen) atoms. The number of hydrogen-bond donors (Lipinski definition) is 2. The molecule has 0 spiro atoms. The number of aromatic nitrogens is 4. The topological polar surface area (TPSA) is 125 Å². The van der Waals surface area contributed by atoms with Crippen molar-refractivity contribution in [2.75, 3.05) is 0 Å². The summed E-state index contributed by atoms with van der Waals surface area (Å²) < 4.78 is 43.6. The van der Waals surface area contributed by atoms with Gasteiger partial charge in [0, 0.05) is 18.4 Å². The van der Waals surface area contributed by atoms with Crippen molar-refractivity contribution in [2.24, 2.45) is 0 Å². The molecule has 3 heterocycles. The van der Waals surface area contributed by atoms with E-state index in [0.29, 0.717) is 11.3 Å². The summed E-state index contributed by atoms with van der Waals surface area (Å²) in [6, 6.07) is 3.64. The number of hydrogen-bond acceptors (Lipinski definition) is 6. The molecule has 3 aromatic rings. The average Bonchev–Trinajstić information content (AvgIpc) is 3.39. The molecule has 0 bridgehead atoms. The number of carboxylic acid groups (broad SMARTS) is 1. The fraction of sp³-hybridized carbons (Fsp3) is 0.316. The Bertz CT molecular complexity index is 1110. The SMILES string of the molecule is O=C(O)CCC(=O)N1Cc2[nH]cnc2CC1c1nc(-c2ccc(C(F)(F)F)cc2)no1. The number of benzene rings is 1. The van der Waals surface area contributed by atoms with Crippen LogP contribution >= 0.6 is 0 Å². The van der Waals surface area contributed by atoms with Gasteiger partial charge in [-0.15, -0.1) is 0 Å². The van der Waals surface area contributed by atoms with Gasteiger partial charge in [-0.25, -0.2) is 4.98 Å². The number of aromatic amines is 1. The number of aliphatic carboxylic acids is 1. The molecule has 162 valence electrons. The second-order valence-corrected chi connectivity index (χ2v) is 6.99. The van der Waals surface area contributed by atoms with Crippen molar-refractivity contribution >= 4 is 11.9 Å². The van der Waals surface area contributed by atoms with Crippen LogP contribution in [0.15, 0.2) is 35.1 Å². The van der Waals surface area contributed by atoms with Gasteiger partial charge in [0.15, 0.2) is 0 Å². The largest absolute Gasteiger partial charge is 0.481 e. The van der Waals surface area contributed by atoms with Crippen molar-refractivity contribution in [1.82, 2.24) is 25.0 Å². The third-order valence-corrected chi connectivity index (χ3v) is 4.97. The van der Waals surface area contributed by atoms with Gasteiger partial charge in [-0.2, -0.15) is 18.2 Å². The monoisotopic (exact) mass is 435 g/mol. The summed E-state index contributed by atoms with van der Waals surface area (Å²) in [5, 5.41) is 12.7. The van der Waals surface area contributed by atoms with Crippen LogP contribution in [0.1, 0.15) is 41.7 Å². The minimum absolute atomic E-state index is 0.0782. The highest BCUT2D eigenvalue weighted by atomic mass is 19.4. The zero-order valence-corrected chi connectivity index (χ0v) is 15.9. The number of rotatable bonds is 5. The fourth-order valence-corrected chi connectivity index (χ4v) is 3.37. The van der Waals surface area contributed by atoms with E-state index in [-0.39, 0.29) is 37.5 Å². The van der Waals surface area contributed by atoms with Crippen molar-refractivity contribution in [1.29, 1.82) is 0 Å². The predicted molar refractivity (Wildman–Crippen MR) is 97.2 cm³/mol. The molecule has 4 rings (SSSR count). The number of carbonyl (C=O) groups is 2. The first-order chi connectivity index (χ1) is 14.7. The Morgan fingerprint density at radius 2 is 1.97 bits per heavy atom. The lowest BCUT2D eigenvalue weighted by Gasteiger charge is -2.32. The molecule has 1 amide bonds. The molecule has 2 N–H and O–H groups in total. The Morgan fingerprint density at radius 1 is 1.23 bits per heavy atom. The Morgan fingerprint density at radius 3 is 2.65 bits per heavy atom. The first-order valence-electron chi connectivity index (χ1n) is 9.26. The lowest BCUT2D eigenvalue weighted by atomic mass is 10.0. The number of nitrogens with one attached hydrogen (secondary N) is 1. The molecule has 9 nitrogen and oxygen atoms in total. The van der Waals surface area contributed by atoms with Crippen molar-refractivity contribution < 1.29 is 32.4 Å². The number of H-pyrrole nitrogens is 1. The predicted octanol–water partition coefficient (Wildman–Crippen LogP) is 2.97. The first kappa shape index (κ1) is 20.6. The summed E-state index contributed by atoms with van der Waals surface area (Å²) in [7, 11) is 0. The third kappa shape index (κ3) is 4.27. The third-order valence-electron chi connectivity index (χ3n) is 4.97. The molecule has 1 unspecified atom stereocenters. The molecular weight excluding hydrogens is 419 g/mol. The average molecular weight is 435 g/mol. The highest BCUT2D eigenvalue weighted by Gasteiger charge is 2.36. The number of fused-ring (bicyclic) bond motifs is 1. The zero-order valence-electron chi connectivity index (χ0n) is 15.9. The molecule has 0 saturated heterocycles. The maximum Gasteiger partial charge on any atom is 0.416 e. The van der Waals surface area contributed by atoms with E-state index in [2.05, 4.69) is 20.1 Å². The van der Waals surface area contributed by atoms with Crippen LogP contribution in [0.3, 0.4) is 0 Å². The van der Waals surface area contributed by atoms with Crippen LogP contribution in [-0.2, 0) is 28.7 Å². The van der Waals surface area contributed by atoms with E-state index in [1.165, 1.54) is 23.4 Å². The van der Waals surface area contributed by atoms with Crippen molar-refractivity contribution in [3.63, 3.8) is 0 Å². The van der Waals surface area contributed by atoms with Crippen LogP contribution in [0, 0.1) is 0 Å². The molecule has 12 heteroatoms. The summed E-state index contributed by atoms with van der Waals surface area (Å²) in [6.45, 7) is 0.163. The van der Waals surface area contributed by atoms with Gasteiger partial charge in [0.05, 0.1) is 36.2 Å². The standard InChI is InChI=1S/C19H16F3N5O4/c20-19(21,22)11-3-1-10(2-4-11)17-25-18(31-26-17)14-7-12-13(24-9-23-12)8-27(14)15(28)5-6-16(29)30/h1-4,9,14H,5-8H2,(H,23,24)(H,29,30). The Kier molecular flexibility index (Phi) is 5.21. The van der Waals surface area contributed by atoms with Crippen LogP contribution < -0.4 is 0 Å². The fourth-order valence-electron chi connectivity index (χ4n) is 3.37. The van der Waals surface area contributed by atoms with E-state index in [1.807, 2.05) is 0 Å². The second kappa shape index (κ2) is 7.85. The van der Waals surface area contributed by atoms with Gasteiger partial charge >= 0.3 is 12.1 Å². The van der Waals surface area contributed by atoms with E-state index < -0.39 is 29.7 Å². The molecule has 1 aromatic carbocycles. The molecule has 1 aliphatic rings. The smallest absolute Gasteiger partial charge is 0.416 e. The summed E-state index contributed by atoms with van der Waals surface area (Å²) in [5.74, 6) is -1.32. The highest BCUT2D eigenvalue weighted by molar-refractivity contribution is 5.81. The maximum absolute atomic E-state index is 12.8. The second-order valence-electron chi connectivity index (χ2n) is 6.99. The van der Waals surface area contributed by atoms with E-state index in [4.69, 9.17) is 9.63 Å². The van der Waals surface area contributed by atoms with Gasteiger partial charge in [-0.1, -0.05) is 17.3 Å². The molecule has 0 aliphatic carbocycles. The highest BCUT2D eigenvalue weighted by Crippen LogP contribution is 2.34. The number of nitrogens with zero attached hydrogens (tertiary/aromatic N) is 4. The van der Waals surface area contributed by atoms with Crippen LogP contribution in [-0.4, -0.2) is 42.0 Å². The van der Waals surface area contributed by atoms with Crippen LogP contribution in [0.25, 0.3) is 11.4 Å². The molecule has 1 aliphatic heterocycles. The van der Waals surface area contributed by atoms with E-state index in [1.54, 1.807) is 0 Å². The van der Waals surface area contributed by atoms with Crippen molar-refractivity contribution in [3.8, 4) is 11.4 Å². The Labute approximate surface area is 172 Å². The Hall–Kier alpha value is -3.70. The van der Waals surface area contributed by atoms with Gasteiger partial charge < -0.3 is 19.5 Å². The van der Waals surface area contributed by atoms with E-state index >= 15 is 0 Å². The van der Waals surface area contributed by atoms with E-state index in [0.717, 1.165) is 17.8 Å². The van der Waals surface area contributed by atoms with Crippen LogP contribution in [0.5, 0.6) is 0 Å². The van der Waals surface area contributed by atoms with Gasteiger partial charge in [-0.05, 0) is 12.1 Å². The molecule has 1 atom stereocenters. The van der Waals surface area contributed by atoms with Crippen molar-refractivity contribution in [3.05, 3.63) is 53.4 Å². The lowest BCUT2D eigenvalue weighted by molar-refractivity contribution is -0.142. The zero-order chi connectivity index (χ0) is 22.2. The number of alkyl halides is 3. The van der Waals surface area contributed by atoms with Crippen LogP contribution in [0.2, 0.25) is 0 Å². The van der Waals surface area contributed by atoms with Gasteiger partial charge in [0.1, 0.15) is 6.04 Å². The molecule has 2 aromatic heterocycles. The number of carbonyl (C=O) groups excluding carboxylic acids is 1. The van der Waals surface area contributed by atoms with Crippen LogP contribution in [0.4, 0.5) is 13.2 Å². The quantitative estimate of drug-likeness (QED) is 0.631. The summed E-state index contributed by atoms with van der Waals surface area (Å²) >= 11 is 0. The number of halogens is 3.